The Balaban J connectivity index is 0.000000101. The Hall–Kier alpha value is -16.5. The van der Waals surface area contributed by atoms with Gasteiger partial charge in [0.1, 0.15) is 0 Å². The van der Waals surface area contributed by atoms with Crippen LogP contribution in [-0.2, 0) is 16.2 Å². The third kappa shape index (κ3) is 10.2. The Morgan fingerprint density at radius 2 is 0.465 bits per heavy atom. The zero-order chi connectivity index (χ0) is 85.0. The van der Waals surface area contributed by atoms with Crippen LogP contribution in [0.3, 0.4) is 0 Å². The van der Waals surface area contributed by atoms with E-state index >= 15 is 0 Å². The van der Waals surface area contributed by atoms with Gasteiger partial charge in [-0.05, 0) is 215 Å². The minimum atomic E-state index is -0.476. The summed E-state index contributed by atoms with van der Waals surface area (Å²) >= 11 is 0. The lowest BCUT2D eigenvalue weighted by Crippen LogP contribution is -2.26. The normalized spacial score (nSPS) is 13.7. The fourth-order valence-electron chi connectivity index (χ4n) is 23.8. The van der Waals surface area contributed by atoms with E-state index in [9.17, 15) is 0 Å². The highest BCUT2D eigenvalue weighted by molar-refractivity contribution is 6.19. The van der Waals surface area contributed by atoms with Crippen molar-refractivity contribution in [2.24, 2.45) is 0 Å². The topological polar surface area (TPSA) is 32.6 Å². The maximum absolute atomic E-state index is 5.14. The van der Waals surface area contributed by atoms with Gasteiger partial charge in [0, 0.05) is 82.3 Å². The molecule has 5 heterocycles. The van der Waals surface area contributed by atoms with E-state index in [2.05, 4.69) is 487 Å². The van der Waals surface area contributed by atoms with Gasteiger partial charge >= 0.3 is 0 Å². The van der Waals surface area contributed by atoms with E-state index in [4.69, 9.17) is 4.98 Å². The van der Waals surface area contributed by atoms with E-state index < -0.39 is 5.41 Å². The van der Waals surface area contributed by atoms with Crippen molar-refractivity contribution in [1.29, 1.82) is 0 Å². The van der Waals surface area contributed by atoms with Gasteiger partial charge in [-0.25, -0.2) is 4.98 Å². The van der Waals surface area contributed by atoms with E-state index in [1.165, 1.54) is 216 Å². The highest BCUT2D eigenvalue weighted by atomic mass is 15.0. The van der Waals surface area contributed by atoms with Crippen LogP contribution in [-0.4, -0.2) is 23.3 Å². The van der Waals surface area contributed by atoms with Crippen LogP contribution in [0.1, 0.15) is 69.5 Å². The summed E-state index contributed by atoms with van der Waals surface area (Å²) in [7, 11) is 0. The molecule has 24 aromatic rings. The van der Waals surface area contributed by atoms with Gasteiger partial charge < -0.3 is 18.3 Å². The van der Waals surface area contributed by atoms with E-state index in [1.807, 2.05) is 0 Å². The number of benzene rings is 19. The fourth-order valence-corrected chi connectivity index (χ4v) is 23.8. The van der Waals surface area contributed by atoms with Crippen molar-refractivity contribution in [3.8, 4) is 101 Å². The largest absolute Gasteiger partial charge is 0.309 e. The molecule has 0 saturated carbocycles. The van der Waals surface area contributed by atoms with Crippen LogP contribution in [0.25, 0.3) is 188 Å². The highest BCUT2D eigenvalue weighted by Gasteiger charge is 2.54. The maximum Gasteiger partial charge on any atom is 0.0730 e. The van der Waals surface area contributed by atoms with Gasteiger partial charge in [-0.2, -0.15) is 0 Å². The fraction of sp³-hybridized carbons (Fsp3) is 0.0403. The van der Waals surface area contributed by atoms with Crippen molar-refractivity contribution >= 4 is 87.2 Å². The molecule has 5 aliphatic carbocycles. The lowest BCUT2D eigenvalue weighted by Gasteiger charge is -2.30. The average Bonchev–Trinajstić information content (AvgIpc) is 1.50. The van der Waals surface area contributed by atoms with Crippen molar-refractivity contribution < 1.29 is 0 Å². The van der Waals surface area contributed by atoms with Crippen LogP contribution in [0.4, 0.5) is 0 Å². The molecule has 0 aliphatic heterocycles. The molecule has 0 radical (unpaired) electrons. The molecule has 0 N–H and O–H groups in total. The third-order valence-electron chi connectivity index (χ3n) is 29.1. The molecule has 0 bridgehead atoms. The summed E-state index contributed by atoms with van der Waals surface area (Å²) in [4.78, 5) is 5.14. The summed E-state index contributed by atoms with van der Waals surface area (Å²) in [5.41, 5.74) is 44.9. The molecule has 0 amide bonds. The second kappa shape index (κ2) is 27.8. The van der Waals surface area contributed by atoms with Gasteiger partial charge in [-0.15, -0.1) is 0 Å². The van der Waals surface area contributed by atoms with Crippen LogP contribution in [0, 0.1) is 0 Å². The third-order valence-corrected chi connectivity index (χ3v) is 29.1. The monoisotopic (exact) mass is 1640 g/mol. The van der Waals surface area contributed by atoms with Crippen LogP contribution < -0.4 is 0 Å². The molecule has 19 aromatic carbocycles. The molecule has 0 fully saturated rings. The van der Waals surface area contributed by atoms with Crippen molar-refractivity contribution in [3.05, 3.63) is 511 Å². The predicted molar refractivity (Wildman–Crippen MR) is 536 cm³/mol. The van der Waals surface area contributed by atoms with Gasteiger partial charge in [0.2, 0.25) is 0 Å². The highest BCUT2D eigenvalue weighted by Crippen LogP contribution is 2.67. The Morgan fingerprint density at radius 1 is 0.178 bits per heavy atom. The van der Waals surface area contributed by atoms with Crippen molar-refractivity contribution in [2.45, 2.75) is 30.1 Å². The lowest BCUT2D eigenvalue weighted by atomic mass is 9.70. The summed E-state index contributed by atoms with van der Waals surface area (Å²) in [6, 6.07) is 167. The molecule has 0 atom stereocenters. The maximum atomic E-state index is 5.14. The number of para-hydroxylation sites is 7. The molecule has 2 spiro atoms. The predicted octanol–water partition coefficient (Wildman–Crippen LogP) is 31.2. The van der Waals surface area contributed by atoms with Gasteiger partial charge in [-0.1, -0.05) is 360 Å². The Bertz CT molecular complexity index is 8510. The van der Waals surface area contributed by atoms with Crippen LogP contribution in [0.5, 0.6) is 0 Å². The van der Waals surface area contributed by atoms with E-state index in [0.717, 1.165) is 28.2 Å². The molecule has 5 heteroatoms. The van der Waals surface area contributed by atoms with E-state index in [0.29, 0.717) is 0 Å². The number of pyridine rings is 1. The Morgan fingerprint density at radius 3 is 0.884 bits per heavy atom. The summed E-state index contributed by atoms with van der Waals surface area (Å²) in [6.07, 6.45) is 0. The first-order valence-corrected chi connectivity index (χ1v) is 45.0. The number of nitrogens with zero attached hydrogens (tertiary/aromatic N) is 5. The Kier molecular flexibility index (Phi) is 15.7. The molecule has 602 valence electrons. The summed E-state index contributed by atoms with van der Waals surface area (Å²) in [5.74, 6) is 0. The first-order chi connectivity index (χ1) is 63.8. The van der Waals surface area contributed by atoms with Crippen LogP contribution in [0.2, 0.25) is 0 Å². The Labute approximate surface area is 746 Å². The standard InChI is InChI=1S/C49H30N2.C38H28N2.C37H23N/c1-3-15-31(16-4-1)50-45-25-13-9-21-35(45)39-27-37-33-19-7-11-23-41(33)49(43(37)29-47(39)50)42-24-12-8-20-34(42)38-28-40-36-22-10-14-26-46(36)51(48(40)30-44(38)49)32-17-5-2-6-18-32;1-38(2)32-19-11-9-17-28(32)30-23-31-29-18-10-12-20-36(29)40(37(31)24-33(30)38)27-21-34(25-13-5-3-6-14-25)39-35(22-27)26-15-7-4-8-16-26;1-2-12-24(13-3-1)38-34-21-11-7-16-27(34)28-22-23-33-35(36(28)38)29-17-6-10-20-32(29)37(33)30-18-8-4-14-25(30)26-15-5-9-19-31(26)37/h1-30H;3-24H,1-2H3;1-23H. The molecule has 5 aromatic heterocycles. The zero-order valence-electron chi connectivity index (χ0n) is 71.0. The summed E-state index contributed by atoms with van der Waals surface area (Å²) in [5, 5.41) is 10.3. The first kappa shape index (κ1) is 72.9. The van der Waals surface area contributed by atoms with Crippen molar-refractivity contribution in [3.63, 3.8) is 0 Å². The molecule has 5 aliphatic rings. The number of aromatic nitrogens is 5. The minimum absolute atomic E-state index is 0.0654. The molecule has 29 rings (SSSR count). The molecular weight excluding hydrogens is 1560 g/mol. The average molecular weight is 1640 g/mol. The lowest BCUT2D eigenvalue weighted by molar-refractivity contribution is 0.661. The second-order valence-electron chi connectivity index (χ2n) is 35.8. The van der Waals surface area contributed by atoms with Crippen LogP contribution >= 0.6 is 0 Å². The van der Waals surface area contributed by atoms with Crippen molar-refractivity contribution in [1.82, 2.24) is 23.3 Å². The van der Waals surface area contributed by atoms with E-state index in [-0.39, 0.29) is 10.8 Å². The molecule has 129 heavy (non-hydrogen) atoms. The minimum Gasteiger partial charge on any atom is -0.309 e. The van der Waals surface area contributed by atoms with Crippen LogP contribution in [0.15, 0.2) is 455 Å². The number of fused-ring (bicyclic) bond motifs is 36. The SMILES string of the molecule is CC1(C)c2ccccc2-c2cc3c4ccccc4n(-c4cc(-c5ccccc5)nc(-c5ccccc5)c4)c3cc21.c1ccc(-n2c3ccccc3c3cc4c(cc32)C2(c3ccccc3-4)c3ccccc3-c3cc4c5ccccc5n(-c5ccccc5)c4cc32)cc1.c1ccc(-n2c3ccccc3c3ccc4c(c32)-c2ccccc2C42c3ccccc3-c3ccccc32)cc1. The summed E-state index contributed by atoms with van der Waals surface area (Å²) in [6.45, 7) is 4.70. The van der Waals surface area contributed by atoms with Crippen molar-refractivity contribution in [2.75, 3.05) is 0 Å². The van der Waals surface area contributed by atoms with Gasteiger partial charge in [0.05, 0.1) is 72.0 Å². The van der Waals surface area contributed by atoms with Gasteiger partial charge in [0.15, 0.2) is 0 Å². The first-order valence-electron chi connectivity index (χ1n) is 45.0. The number of hydrogen-bond acceptors (Lipinski definition) is 1. The number of rotatable bonds is 6. The van der Waals surface area contributed by atoms with Gasteiger partial charge in [-0.3, -0.25) is 0 Å². The molecule has 5 nitrogen and oxygen atoms in total. The number of hydrogen-bond donors (Lipinski definition) is 0. The second-order valence-corrected chi connectivity index (χ2v) is 35.8. The van der Waals surface area contributed by atoms with Gasteiger partial charge in [0.25, 0.3) is 0 Å². The zero-order valence-corrected chi connectivity index (χ0v) is 71.0. The molecular formula is C124H81N5. The smallest absolute Gasteiger partial charge is 0.0730 e. The molecule has 0 saturated heterocycles. The quantitative estimate of drug-likeness (QED) is 0.163. The van der Waals surface area contributed by atoms with E-state index in [1.54, 1.807) is 0 Å². The molecule has 0 unspecified atom stereocenters. The summed E-state index contributed by atoms with van der Waals surface area (Å²) < 4.78 is 9.83.